The molecule has 0 aliphatic heterocycles. The quantitative estimate of drug-likeness (QED) is 0.384. The highest BCUT2D eigenvalue weighted by Gasteiger charge is 1.98. The van der Waals surface area contributed by atoms with Crippen LogP contribution < -0.4 is 16.8 Å². The Morgan fingerprint density at radius 1 is 0.720 bits per heavy atom. The molecule has 0 radical (unpaired) electrons. The largest absolute Gasteiger partial charge is 0.508 e. The number of nitrogen functional groups attached to an aromatic ring is 2. The average molecular weight is 331 g/mol. The lowest BCUT2D eigenvalue weighted by atomic mass is 10.1. The summed E-state index contributed by atoms with van der Waals surface area (Å²) >= 11 is 0. The Labute approximate surface area is 146 Å². The number of nitrogens with one attached hydrogen (secondary N) is 1. The number of hydrogen-bond donors (Lipinski definition) is 4. The van der Waals surface area contributed by atoms with Gasteiger partial charge in [0.05, 0.1) is 0 Å². The van der Waals surface area contributed by atoms with Crippen molar-refractivity contribution in [2.75, 3.05) is 23.8 Å². The smallest absolute Gasteiger partial charge is 0.116 e. The molecule has 0 saturated carbocycles. The van der Waals surface area contributed by atoms with E-state index in [2.05, 4.69) is 23.5 Å². The van der Waals surface area contributed by atoms with E-state index in [4.69, 9.17) is 11.5 Å². The summed E-state index contributed by atoms with van der Waals surface area (Å²) in [5, 5.41) is 16.5. The Kier molecular flexibility index (Phi) is 4.61. The van der Waals surface area contributed by atoms with E-state index < -0.39 is 0 Å². The highest BCUT2D eigenvalue weighted by molar-refractivity contribution is 5.95. The van der Waals surface area contributed by atoms with Gasteiger partial charge >= 0.3 is 0 Å². The zero-order chi connectivity index (χ0) is 17.8. The minimum Gasteiger partial charge on any atom is -0.508 e. The molecular weight excluding hydrogens is 310 g/mol. The van der Waals surface area contributed by atoms with Crippen molar-refractivity contribution in [3.8, 4) is 5.75 Å². The molecule has 4 aromatic carbocycles. The number of benzene rings is 4. The molecule has 6 N–H and O–H groups in total. The molecule has 4 aromatic rings. The van der Waals surface area contributed by atoms with Crippen LogP contribution in [0.4, 0.5) is 17.1 Å². The highest BCUT2D eigenvalue weighted by atomic mass is 16.3. The molecule has 4 nitrogen and oxygen atoms in total. The number of hydrogen-bond acceptors (Lipinski definition) is 4. The maximum atomic E-state index is 9.20. The van der Waals surface area contributed by atoms with Crippen molar-refractivity contribution in [1.82, 2.24) is 0 Å². The van der Waals surface area contributed by atoms with E-state index in [9.17, 15) is 5.11 Å². The van der Waals surface area contributed by atoms with Crippen LogP contribution in [-0.4, -0.2) is 12.2 Å². The molecule has 0 unspecified atom stereocenters. The maximum Gasteiger partial charge on any atom is 0.116 e. The second kappa shape index (κ2) is 7.01. The molecule has 0 heterocycles. The minimum absolute atomic E-state index is 0.250. The summed E-state index contributed by atoms with van der Waals surface area (Å²) in [5.41, 5.74) is 14.2. The van der Waals surface area contributed by atoms with Gasteiger partial charge in [-0.15, -0.1) is 0 Å². The Bertz CT molecular complexity index is 1030. The van der Waals surface area contributed by atoms with Crippen molar-refractivity contribution in [3.05, 3.63) is 72.8 Å². The molecule has 126 valence electrons. The molecule has 0 saturated heterocycles. The van der Waals surface area contributed by atoms with E-state index in [-0.39, 0.29) is 5.75 Å². The van der Waals surface area contributed by atoms with Gasteiger partial charge < -0.3 is 21.9 Å². The zero-order valence-electron chi connectivity index (χ0n) is 14.0. The predicted molar refractivity (Wildman–Crippen MR) is 108 cm³/mol. The molecule has 4 rings (SSSR count). The molecule has 0 atom stereocenters. The topological polar surface area (TPSA) is 84.3 Å². The number of rotatable bonds is 1. The van der Waals surface area contributed by atoms with Crippen LogP contribution in [0, 0.1) is 0 Å². The standard InChI is InChI=1S/C11H12N2.C10H9NO/c1-13-9-6-5-8-3-2-4-11(12)10(8)7-9;11-10-3-1-2-7-4-5-8(12)6-9(7)10/h2-7,13H,12H2,1H3;1-6,12H,11H2. The fraction of sp³-hybridized carbons (Fsp3) is 0.0476. The van der Waals surface area contributed by atoms with Gasteiger partial charge in [-0.3, -0.25) is 0 Å². The zero-order valence-corrected chi connectivity index (χ0v) is 14.0. The van der Waals surface area contributed by atoms with Crippen molar-refractivity contribution >= 4 is 38.6 Å². The molecule has 0 amide bonds. The summed E-state index contributed by atoms with van der Waals surface area (Å²) in [7, 11) is 1.90. The first-order valence-electron chi connectivity index (χ1n) is 8.02. The van der Waals surface area contributed by atoms with Gasteiger partial charge in [0.25, 0.3) is 0 Å². The molecule has 0 aliphatic carbocycles. The van der Waals surface area contributed by atoms with Crippen molar-refractivity contribution in [2.24, 2.45) is 0 Å². The second-order valence-corrected chi connectivity index (χ2v) is 5.79. The first-order valence-corrected chi connectivity index (χ1v) is 8.02. The van der Waals surface area contributed by atoms with Gasteiger partial charge in [0.1, 0.15) is 5.75 Å². The Hall–Kier alpha value is -3.40. The summed E-state index contributed by atoms with van der Waals surface area (Å²) in [6.45, 7) is 0. The third-order valence-corrected chi connectivity index (χ3v) is 4.10. The van der Waals surface area contributed by atoms with E-state index in [1.54, 1.807) is 12.1 Å². The molecule has 0 aromatic heterocycles. The molecule has 0 bridgehead atoms. The van der Waals surface area contributed by atoms with E-state index in [0.717, 1.165) is 27.5 Å². The van der Waals surface area contributed by atoms with Crippen LogP contribution in [0.25, 0.3) is 21.5 Å². The van der Waals surface area contributed by atoms with Crippen LogP contribution in [0.2, 0.25) is 0 Å². The van der Waals surface area contributed by atoms with Gasteiger partial charge in [-0.25, -0.2) is 0 Å². The van der Waals surface area contributed by atoms with Crippen molar-refractivity contribution in [1.29, 1.82) is 0 Å². The van der Waals surface area contributed by atoms with Crippen molar-refractivity contribution < 1.29 is 5.11 Å². The van der Waals surface area contributed by atoms with Gasteiger partial charge in [-0.2, -0.15) is 0 Å². The van der Waals surface area contributed by atoms with Crippen LogP contribution in [0.15, 0.2) is 72.8 Å². The monoisotopic (exact) mass is 331 g/mol. The molecule has 0 spiro atoms. The van der Waals surface area contributed by atoms with Gasteiger partial charge in [0, 0.05) is 34.9 Å². The summed E-state index contributed by atoms with van der Waals surface area (Å²) in [6.07, 6.45) is 0. The van der Waals surface area contributed by atoms with E-state index in [0.29, 0.717) is 5.69 Å². The maximum absolute atomic E-state index is 9.20. The molecule has 0 fully saturated rings. The normalized spacial score (nSPS) is 10.3. The van der Waals surface area contributed by atoms with E-state index >= 15 is 0 Å². The number of fused-ring (bicyclic) bond motifs is 2. The molecule has 25 heavy (non-hydrogen) atoms. The Balaban J connectivity index is 0.000000146. The lowest BCUT2D eigenvalue weighted by molar-refractivity contribution is 0.476. The van der Waals surface area contributed by atoms with E-state index in [1.165, 1.54) is 5.39 Å². The van der Waals surface area contributed by atoms with E-state index in [1.807, 2.05) is 49.5 Å². The Morgan fingerprint density at radius 3 is 1.88 bits per heavy atom. The first kappa shape index (κ1) is 16.5. The van der Waals surface area contributed by atoms with Crippen LogP contribution in [0.5, 0.6) is 5.75 Å². The molecule has 0 aliphatic rings. The highest BCUT2D eigenvalue weighted by Crippen LogP contribution is 2.25. The minimum atomic E-state index is 0.250. The van der Waals surface area contributed by atoms with Crippen molar-refractivity contribution in [2.45, 2.75) is 0 Å². The third-order valence-electron chi connectivity index (χ3n) is 4.10. The number of anilines is 3. The van der Waals surface area contributed by atoms with Crippen LogP contribution in [-0.2, 0) is 0 Å². The number of phenolic OH excluding ortho intramolecular Hbond substituents is 1. The van der Waals surface area contributed by atoms with Gasteiger partial charge in [-0.05, 0) is 47.2 Å². The second-order valence-electron chi connectivity index (χ2n) is 5.79. The SMILES string of the molecule is CNc1ccc2cccc(N)c2c1.Nc1cccc2ccc(O)cc12. The number of aromatic hydroxyl groups is 1. The Morgan fingerprint density at radius 2 is 1.28 bits per heavy atom. The van der Waals surface area contributed by atoms with Crippen LogP contribution in [0.1, 0.15) is 0 Å². The lowest BCUT2D eigenvalue weighted by Crippen LogP contribution is -1.90. The molecular formula is C21H21N3O. The van der Waals surface area contributed by atoms with Gasteiger partial charge in [0.15, 0.2) is 0 Å². The summed E-state index contributed by atoms with van der Waals surface area (Å²) < 4.78 is 0. The summed E-state index contributed by atoms with van der Waals surface area (Å²) in [6, 6.07) is 23.0. The lowest BCUT2D eigenvalue weighted by Gasteiger charge is -2.04. The summed E-state index contributed by atoms with van der Waals surface area (Å²) in [4.78, 5) is 0. The van der Waals surface area contributed by atoms with Crippen molar-refractivity contribution in [3.63, 3.8) is 0 Å². The third kappa shape index (κ3) is 3.58. The first-order chi connectivity index (χ1) is 12.1. The van der Waals surface area contributed by atoms with Crippen LogP contribution >= 0.6 is 0 Å². The van der Waals surface area contributed by atoms with Gasteiger partial charge in [-0.1, -0.05) is 36.4 Å². The van der Waals surface area contributed by atoms with Gasteiger partial charge in [0.2, 0.25) is 0 Å². The fourth-order valence-electron chi connectivity index (χ4n) is 2.74. The molecule has 4 heteroatoms. The predicted octanol–water partition coefficient (Wildman–Crippen LogP) is 4.59. The number of phenols is 1. The fourth-order valence-corrected chi connectivity index (χ4v) is 2.74. The summed E-state index contributed by atoms with van der Waals surface area (Å²) in [5.74, 6) is 0.250. The number of nitrogens with two attached hydrogens (primary N) is 2. The van der Waals surface area contributed by atoms with Crippen LogP contribution in [0.3, 0.4) is 0 Å². The average Bonchev–Trinajstić information content (AvgIpc) is 2.63.